The van der Waals surface area contributed by atoms with E-state index < -0.39 is 18.0 Å². The van der Waals surface area contributed by atoms with E-state index in [-0.39, 0.29) is 30.3 Å². The molecule has 0 bridgehead atoms. The topological polar surface area (TPSA) is 133 Å². The highest BCUT2D eigenvalue weighted by atomic mass is 16.5. The van der Waals surface area contributed by atoms with Gasteiger partial charge in [0.15, 0.2) is 0 Å². The normalized spacial score (nSPS) is 17.8. The third-order valence-corrected chi connectivity index (χ3v) is 5.72. The van der Waals surface area contributed by atoms with Crippen LogP contribution in [0.1, 0.15) is 43.6 Å². The summed E-state index contributed by atoms with van der Waals surface area (Å²) in [4.78, 5) is 40.8. The van der Waals surface area contributed by atoms with Crippen LogP contribution in [0.3, 0.4) is 0 Å². The number of aliphatic hydroxyl groups is 1. The van der Waals surface area contributed by atoms with Crippen LogP contribution in [0.2, 0.25) is 0 Å². The van der Waals surface area contributed by atoms with Crippen LogP contribution in [0.25, 0.3) is 10.9 Å². The second kappa shape index (κ2) is 10.5. The molecule has 1 aliphatic rings. The molecule has 0 spiro atoms. The summed E-state index contributed by atoms with van der Waals surface area (Å²) in [6.07, 6.45) is 1.47. The number of aromatic nitrogens is 1. The van der Waals surface area contributed by atoms with Gasteiger partial charge in [-0.3, -0.25) is 14.4 Å². The van der Waals surface area contributed by atoms with Crippen molar-refractivity contribution < 1.29 is 24.2 Å². The molecule has 1 unspecified atom stereocenters. The number of hydrogen-bond acceptors (Lipinski definition) is 5. The average Bonchev–Trinajstić information content (AvgIpc) is 3.38. The van der Waals surface area contributed by atoms with Crippen LogP contribution in [0.4, 0.5) is 0 Å². The van der Waals surface area contributed by atoms with E-state index >= 15 is 0 Å². The highest BCUT2D eigenvalue weighted by Gasteiger charge is 2.30. The summed E-state index contributed by atoms with van der Waals surface area (Å²) in [5, 5.41) is 18.9. The molecule has 1 aliphatic heterocycles. The van der Waals surface area contributed by atoms with Gasteiger partial charge in [-0.2, -0.15) is 0 Å². The number of fused-ring (bicyclic) bond motifs is 1. The molecule has 0 aliphatic carbocycles. The fraction of sp³-hybridized carbons (Fsp3) is 0.522. The number of methoxy groups -OCH3 is 1. The molecule has 5 N–H and O–H groups in total. The van der Waals surface area contributed by atoms with Crippen LogP contribution in [0.5, 0.6) is 5.75 Å². The fourth-order valence-electron chi connectivity index (χ4n) is 4.06. The van der Waals surface area contributed by atoms with E-state index in [0.29, 0.717) is 37.3 Å². The Bertz CT molecular complexity index is 970. The molecule has 0 saturated carbocycles. The summed E-state index contributed by atoms with van der Waals surface area (Å²) in [6, 6.07) is 5.85. The highest BCUT2D eigenvalue weighted by molar-refractivity contribution is 6.01. The first kappa shape index (κ1) is 23.6. The second-order valence-electron chi connectivity index (χ2n) is 8.66. The molecule has 3 atom stereocenters. The lowest BCUT2D eigenvalue weighted by molar-refractivity contribution is -0.126. The smallest absolute Gasteiger partial charge is 0.268 e. The van der Waals surface area contributed by atoms with Crippen molar-refractivity contribution in [1.82, 2.24) is 20.9 Å². The minimum Gasteiger partial charge on any atom is -0.496 e. The van der Waals surface area contributed by atoms with Gasteiger partial charge in [0.1, 0.15) is 17.5 Å². The Labute approximate surface area is 187 Å². The third-order valence-electron chi connectivity index (χ3n) is 5.72. The molecule has 174 valence electrons. The largest absolute Gasteiger partial charge is 0.496 e. The second-order valence-corrected chi connectivity index (χ2v) is 8.66. The van der Waals surface area contributed by atoms with Crippen molar-refractivity contribution in [3.8, 4) is 5.75 Å². The highest BCUT2D eigenvalue weighted by Crippen LogP contribution is 2.26. The van der Waals surface area contributed by atoms with E-state index in [4.69, 9.17) is 4.74 Å². The lowest BCUT2D eigenvalue weighted by Crippen LogP contribution is -2.51. The molecule has 2 heterocycles. The Hall–Kier alpha value is -3.07. The Morgan fingerprint density at radius 2 is 2.06 bits per heavy atom. The number of nitrogens with one attached hydrogen (secondary N) is 4. The van der Waals surface area contributed by atoms with Gasteiger partial charge in [0.2, 0.25) is 11.8 Å². The summed E-state index contributed by atoms with van der Waals surface area (Å²) >= 11 is 0. The molecule has 9 heteroatoms. The molecule has 1 fully saturated rings. The molecule has 0 radical (unpaired) electrons. The van der Waals surface area contributed by atoms with Gasteiger partial charge in [0.25, 0.3) is 5.91 Å². The average molecular weight is 445 g/mol. The minimum atomic E-state index is -0.776. The molecular weight excluding hydrogens is 412 g/mol. The van der Waals surface area contributed by atoms with Crippen LogP contribution in [-0.4, -0.2) is 60.2 Å². The van der Waals surface area contributed by atoms with E-state index in [1.54, 1.807) is 13.2 Å². The van der Waals surface area contributed by atoms with Gasteiger partial charge in [0.05, 0.1) is 19.8 Å². The summed E-state index contributed by atoms with van der Waals surface area (Å²) in [5.74, 6) is -0.262. The molecule has 1 aromatic carbocycles. The number of benzene rings is 1. The minimum absolute atomic E-state index is 0.0565. The van der Waals surface area contributed by atoms with Crippen LogP contribution in [0, 0.1) is 11.8 Å². The number of aromatic amines is 1. The van der Waals surface area contributed by atoms with E-state index in [1.807, 2.05) is 32.0 Å². The van der Waals surface area contributed by atoms with Crippen molar-refractivity contribution in [3.63, 3.8) is 0 Å². The number of amides is 3. The molecule has 3 amide bonds. The Kier molecular flexibility index (Phi) is 7.74. The van der Waals surface area contributed by atoms with Gasteiger partial charge in [-0.1, -0.05) is 19.9 Å². The molecular formula is C23H32N4O5. The van der Waals surface area contributed by atoms with Gasteiger partial charge < -0.3 is 30.8 Å². The Morgan fingerprint density at radius 1 is 1.28 bits per heavy atom. The maximum Gasteiger partial charge on any atom is 0.268 e. The van der Waals surface area contributed by atoms with E-state index in [0.717, 1.165) is 10.9 Å². The van der Waals surface area contributed by atoms with Crippen molar-refractivity contribution in [1.29, 1.82) is 0 Å². The number of aliphatic hydroxyl groups excluding tert-OH is 1. The van der Waals surface area contributed by atoms with Crippen LogP contribution in [0.15, 0.2) is 24.3 Å². The number of ether oxygens (including phenoxy) is 1. The SMILES string of the molecule is COc1cccc2[nH]c(C(=O)NC(CC(C)C)C(=O)N[C@H](CO)C[C@@H]3CCNC3=O)cc12. The zero-order chi connectivity index (χ0) is 23.3. The van der Waals surface area contributed by atoms with Gasteiger partial charge in [-0.05, 0) is 43.4 Å². The number of hydrogen-bond donors (Lipinski definition) is 5. The first-order chi connectivity index (χ1) is 15.3. The van der Waals surface area contributed by atoms with E-state index in [9.17, 15) is 19.5 Å². The van der Waals surface area contributed by atoms with Crippen LogP contribution < -0.4 is 20.7 Å². The number of H-pyrrole nitrogens is 1. The van der Waals surface area contributed by atoms with Crippen molar-refractivity contribution in [2.75, 3.05) is 20.3 Å². The predicted octanol–water partition coefficient (Wildman–Crippen LogP) is 1.32. The number of carbonyl (C=O) groups is 3. The lowest BCUT2D eigenvalue weighted by atomic mass is 9.97. The summed E-state index contributed by atoms with van der Waals surface area (Å²) in [5.41, 5.74) is 1.09. The van der Waals surface area contributed by atoms with E-state index in [2.05, 4.69) is 20.9 Å². The fourth-order valence-corrected chi connectivity index (χ4v) is 4.06. The lowest BCUT2D eigenvalue weighted by Gasteiger charge is -2.24. The molecule has 32 heavy (non-hydrogen) atoms. The molecule has 3 rings (SSSR count). The maximum atomic E-state index is 13.0. The summed E-state index contributed by atoms with van der Waals surface area (Å²) in [7, 11) is 1.57. The predicted molar refractivity (Wildman–Crippen MR) is 120 cm³/mol. The zero-order valence-electron chi connectivity index (χ0n) is 18.7. The molecule has 2 aromatic rings. The number of rotatable bonds is 10. The Balaban J connectivity index is 1.70. The number of carbonyl (C=O) groups excluding carboxylic acids is 3. The molecule has 1 aromatic heterocycles. The summed E-state index contributed by atoms with van der Waals surface area (Å²) in [6.45, 7) is 4.26. The maximum absolute atomic E-state index is 13.0. The molecule has 9 nitrogen and oxygen atoms in total. The Morgan fingerprint density at radius 3 is 2.69 bits per heavy atom. The quantitative estimate of drug-likeness (QED) is 0.377. The first-order valence-corrected chi connectivity index (χ1v) is 11.0. The van der Waals surface area contributed by atoms with Crippen LogP contribution in [-0.2, 0) is 9.59 Å². The molecule has 1 saturated heterocycles. The van der Waals surface area contributed by atoms with Gasteiger partial charge >= 0.3 is 0 Å². The van der Waals surface area contributed by atoms with Gasteiger partial charge in [-0.15, -0.1) is 0 Å². The van der Waals surface area contributed by atoms with Crippen molar-refractivity contribution in [3.05, 3.63) is 30.0 Å². The van der Waals surface area contributed by atoms with E-state index in [1.165, 1.54) is 0 Å². The van der Waals surface area contributed by atoms with Crippen molar-refractivity contribution >= 4 is 28.6 Å². The monoisotopic (exact) mass is 444 g/mol. The third kappa shape index (κ3) is 5.59. The standard InChI is InChI=1S/C23H32N4O5/c1-13(2)9-18(22(30)25-15(12-28)10-14-7-8-24-21(14)29)27-23(31)19-11-16-17(26-19)5-4-6-20(16)32-3/h4-6,11,13-15,18,26,28H,7-10,12H2,1-3H3,(H,24,29)(H,25,30)(H,27,31)/t14-,15-,18?/m0/s1. The van der Waals surface area contributed by atoms with Gasteiger partial charge in [0, 0.05) is 23.4 Å². The van der Waals surface area contributed by atoms with Crippen molar-refractivity contribution in [2.24, 2.45) is 11.8 Å². The van der Waals surface area contributed by atoms with Crippen molar-refractivity contribution in [2.45, 2.75) is 45.2 Å². The van der Waals surface area contributed by atoms with Crippen LogP contribution >= 0.6 is 0 Å². The zero-order valence-corrected chi connectivity index (χ0v) is 18.7. The first-order valence-electron chi connectivity index (χ1n) is 11.0. The summed E-state index contributed by atoms with van der Waals surface area (Å²) < 4.78 is 5.34. The van der Waals surface area contributed by atoms with Gasteiger partial charge in [-0.25, -0.2) is 0 Å².